The number of ether oxygens (including phenoxy) is 2. The molecule has 0 unspecified atom stereocenters. The fourth-order valence-corrected chi connectivity index (χ4v) is 2.66. The molecule has 2 N–H and O–H groups in total. The van der Waals surface area contributed by atoms with E-state index in [2.05, 4.69) is 0 Å². The number of methoxy groups -OCH3 is 2. The van der Waals surface area contributed by atoms with Crippen molar-refractivity contribution in [3.8, 4) is 11.5 Å². The number of carbonyl (C=O) groups excluding carboxylic acids is 1. The largest absolute Gasteiger partial charge is 0.497 e. The van der Waals surface area contributed by atoms with Crippen molar-refractivity contribution < 1.29 is 27.1 Å². The number of rotatable bonds is 6. The van der Waals surface area contributed by atoms with Gasteiger partial charge in [0.15, 0.2) is 5.76 Å². The van der Waals surface area contributed by atoms with Crippen LogP contribution < -0.4 is 19.7 Å². The van der Waals surface area contributed by atoms with Crippen LogP contribution >= 0.6 is 0 Å². The molecule has 2 rings (SSSR count). The molecule has 1 heterocycles. The summed E-state index contributed by atoms with van der Waals surface area (Å²) in [5.74, 6) is -0.310. The zero-order chi connectivity index (χ0) is 16.2. The molecule has 8 nitrogen and oxygen atoms in total. The maximum atomic E-state index is 12.3. The van der Waals surface area contributed by atoms with E-state index in [1.807, 2.05) is 10.3 Å². The smallest absolute Gasteiger partial charge is 0.301 e. The van der Waals surface area contributed by atoms with Crippen LogP contribution in [0.5, 0.6) is 11.5 Å². The summed E-state index contributed by atoms with van der Waals surface area (Å²) in [6, 6.07) is 7.19. The van der Waals surface area contributed by atoms with E-state index in [1.54, 1.807) is 6.07 Å². The monoisotopic (exact) mass is 326 g/mol. The van der Waals surface area contributed by atoms with Crippen molar-refractivity contribution in [2.75, 3.05) is 14.2 Å². The van der Waals surface area contributed by atoms with Gasteiger partial charge >= 0.3 is 5.91 Å². The molecular weight excluding hydrogens is 312 g/mol. The first kappa shape index (κ1) is 15.9. The normalized spacial score (nSPS) is 11.0. The molecule has 0 aliphatic carbocycles. The Labute approximate surface area is 127 Å². The van der Waals surface area contributed by atoms with Crippen LogP contribution in [0, 0.1) is 0 Å². The molecule has 2 aromatic rings. The molecule has 1 aromatic carbocycles. The maximum absolute atomic E-state index is 12.3. The molecule has 0 fully saturated rings. The Hall–Kier alpha value is -2.52. The predicted octanol–water partition coefficient (Wildman–Crippen LogP) is 0.920. The molecule has 1 aromatic heterocycles. The van der Waals surface area contributed by atoms with E-state index in [0.29, 0.717) is 5.75 Å². The standard InChI is InChI=1S/C13H14N2O6S/c1-19-9-5-6-10(20-2)12(8-9)22(17,18)15-14-13(16)11-4-3-7-21-11/h3-8,15H,1-2H3,(H,14,16). The second kappa shape index (κ2) is 6.50. The van der Waals surface area contributed by atoms with Gasteiger partial charge in [0.1, 0.15) is 16.4 Å². The summed E-state index contributed by atoms with van der Waals surface area (Å²) in [7, 11) is -1.31. The van der Waals surface area contributed by atoms with Crippen LogP contribution in [0.3, 0.4) is 0 Å². The van der Waals surface area contributed by atoms with E-state index in [4.69, 9.17) is 13.9 Å². The molecule has 0 aliphatic heterocycles. The van der Waals surface area contributed by atoms with E-state index in [9.17, 15) is 13.2 Å². The van der Waals surface area contributed by atoms with Crippen LogP contribution in [0.15, 0.2) is 45.9 Å². The fourth-order valence-electron chi connectivity index (χ4n) is 1.63. The van der Waals surface area contributed by atoms with E-state index in [0.717, 1.165) is 0 Å². The van der Waals surface area contributed by atoms with Gasteiger partial charge in [-0.3, -0.25) is 10.2 Å². The Morgan fingerprint density at radius 3 is 2.55 bits per heavy atom. The maximum Gasteiger partial charge on any atom is 0.301 e. The van der Waals surface area contributed by atoms with Gasteiger partial charge in [0.25, 0.3) is 10.0 Å². The Kier molecular flexibility index (Phi) is 4.68. The lowest BCUT2D eigenvalue weighted by Crippen LogP contribution is -2.41. The van der Waals surface area contributed by atoms with Gasteiger partial charge in [-0.25, -0.2) is 8.42 Å². The number of hydrazine groups is 1. The van der Waals surface area contributed by atoms with Crippen LogP contribution in [0.2, 0.25) is 0 Å². The van der Waals surface area contributed by atoms with E-state index in [1.165, 1.54) is 44.7 Å². The molecule has 118 valence electrons. The Balaban J connectivity index is 2.21. The first-order valence-electron chi connectivity index (χ1n) is 6.05. The van der Waals surface area contributed by atoms with Crippen LogP contribution in [-0.4, -0.2) is 28.5 Å². The van der Waals surface area contributed by atoms with Crippen molar-refractivity contribution in [3.63, 3.8) is 0 Å². The van der Waals surface area contributed by atoms with Crippen molar-refractivity contribution in [2.45, 2.75) is 4.90 Å². The molecule has 0 atom stereocenters. The summed E-state index contributed by atoms with van der Waals surface area (Å²) < 4.78 is 39.4. The first-order valence-corrected chi connectivity index (χ1v) is 7.54. The number of nitrogens with one attached hydrogen (secondary N) is 2. The highest BCUT2D eigenvalue weighted by Crippen LogP contribution is 2.27. The third kappa shape index (κ3) is 3.38. The number of amides is 1. The molecule has 0 spiro atoms. The van der Waals surface area contributed by atoms with E-state index in [-0.39, 0.29) is 16.4 Å². The fraction of sp³-hybridized carbons (Fsp3) is 0.154. The van der Waals surface area contributed by atoms with Gasteiger partial charge in [-0.05, 0) is 24.3 Å². The summed E-state index contributed by atoms with van der Waals surface area (Å²) in [4.78, 5) is 13.5. The van der Waals surface area contributed by atoms with Crippen molar-refractivity contribution in [1.82, 2.24) is 10.3 Å². The highest BCUT2D eigenvalue weighted by molar-refractivity contribution is 7.89. The van der Waals surface area contributed by atoms with Gasteiger partial charge in [0.2, 0.25) is 0 Å². The van der Waals surface area contributed by atoms with Gasteiger partial charge < -0.3 is 13.9 Å². The lowest BCUT2D eigenvalue weighted by atomic mass is 10.3. The minimum absolute atomic E-state index is 0.0275. The van der Waals surface area contributed by atoms with Crippen molar-refractivity contribution in [3.05, 3.63) is 42.4 Å². The number of furan rings is 1. The van der Waals surface area contributed by atoms with Crippen LogP contribution in [0.25, 0.3) is 0 Å². The van der Waals surface area contributed by atoms with Crippen LogP contribution in [-0.2, 0) is 10.0 Å². The summed E-state index contributed by atoms with van der Waals surface area (Å²) in [6.07, 6.45) is 1.30. The molecule has 9 heteroatoms. The number of carbonyl (C=O) groups is 1. The molecule has 0 saturated heterocycles. The Bertz CT molecular complexity index is 755. The predicted molar refractivity (Wildman–Crippen MR) is 76.0 cm³/mol. The van der Waals surface area contributed by atoms with E-state index < -0.39 is 15.9 Å². The minimum Gasteiger partial charge on any atom is -0.497 e. The van der Waals surface area contributed by atoms with Gasteiger partial charge in [-0.2, -0.15) is 0 Å². The second-order valence-corrected chi connectivity index (χ2v) is 5.70. The van der Waals surface area contributed by atoms with Crippen LogP contribution in [0.1, 0.15) is 10.6 Å². The average Bonchev–Trinajstić information content (AvgIpc) is 3.06. The summed E-state index contributed by atoms with van der Waals surface area (Å²) in [5, 5.41) is 0. The van der Waals surface area contributed by atoms with Crippen molar-refractivity contribution in [1.29, 1.82) is 0 Å². The molecular formula is C13H14N2O6S. The number of sulfonamides is 1. The highest BCUT2D eigenvalue weighted by Gasteiger charge is 2.22. The third-order valence-electron chi connectivity index (χ3n) is 2.70. The molecule has 0 saturated carbocycles. The minimum atomic E-state index is -4.05. The molecule has 0 radical (unpaired) electrons. The highest BCUT2D eigenvalue weighted by atomic mass is 32.2. The number of hydrogen-bond donors (Lipinski definition) is 2. The summed E-state index contributed by atoms with van der Waals surface area (Å²) >= 11 is 0. The zero-order valence-corrected chi connectivity index (χ0v) is 12.6. The molecule has 1 amide bonds. The van der Waals surface area contributed by atoms with E-state index >= 15 is 0 Å². The summed E-state index contributed by atoms with van der Waals surface area (Å²) in [5.41, 5.74) is 2.05. The lowest BCUT2D eigenvalue weighted by Gasteiger charge is -2.12. The molecule has 22 heavy (non-hydrogen) atoms. The number of benzene rings is 1. The quantitative estimate of drug-likeness (QED) is 0.765. The zero-order valence-electron chi connectivity index (χ0n) is 11.8. The molecule has 0 bridgehead atoms. The Morgan fingerprint density at radius 2 is 1.95 bits per heavy atom. The lowest BCUT2D eigenvalue weighted by molar-refractivity contribution is 0.0917. The van der Waals surface area contributed by atoms with Crippen molar-refractivity contribution >= 4 is 15.9 Å². The number of hydrogen-bond acceptors (Lipinski definition) is 6. The van der Waals surface area contributed by atoms with Crippen molar-refractivity contribution in [2.24, 2.45) is 0 Å². The van der Waals surface area contributed by atoms with Gasteiger partial charge in [-0.15, -0.1) is 4.83 Å². The first-order chi connectivity index (χ1) is 10.5. The SMILES string of the molecule is COc1ccc(OC)c(S(=O)(=O)NNC(=O)c2ccco2)c1. The second-order valence-electron chi connectivity index (χ2n) is 4.05. The van der Waals surface area contributed by atoms with Crippen LogP contribution in [0.4, 0.5) is 0 Å². The summed E-state index contributed by atoms with van der Waals surface area (Å²) in [6.45, 7) is 0. The van der Waals surface area contributed by atoms with Gasteiger partial charge in [-0.1, -0.05) is 0 Å². The topological polar surface area (TPSA) is 107 Å². The van der Waals surface area contributed by atoms with Gasteiger partial charge in [0.05, 0.1) is 20.5 Å². The van der Waals surface area contributed by atoms with Gasteiger partial charge in [0, 0.05) is 6.07 Å². The average molecular weight is 326 g/mol. The molecule has 0 aliphatic rings. The third-order valence-corrected chi connectivity index (χ3v) is 3.97. The Morgan fingerprint density at radius 1 is 1.18 bits per heavy atom.